The van der Waals surface area contributed by atoms with Gasteiger partial charge in [-0.2, -0.15) is 26.3 Å². The van der Waals surface area contributed by atoms with E-state index in [0.717, 1.165) is 18.9 Å². The third kappa shape index (κ3) is 10.1. The van der Waals surface area contributed by atoms with Gasteiger partial charge in [-0.05, 0) is 64.2 Å². The van der Waals surface area contributed by atoms with Crippen LogP contribution in [0.4, 0.5) is 26.3 Å². The topological polar surface area (TPSA) is 79.5 Å². The minimum Gasteiger partial charge on any atom is -0.376 e. The summed E-state index contributed by atoms with van der Waals surface area (Å²) in [6.07, 6.45) is -5.01. The highest BCUT2D eigenvalue weighted by atomic mass is 19.4. The Morgan fingerprint density at radius 2 is 1.69 bits per heavy atom. The first-order valence-electron chi connectivity index (χ1n) is 12.9. The molecule has 1 aromatic carbocycles. The molecule has 0 aliphatic heterocycles. The predicted molar refractivity (Wildman–Crippen MR) is 136 cm³/mol. The molecule has 12 heteroatoms. The molecule has 0 heterocycles. The molecule has 2 rings (SSSR count). The van der Waals surface area contributed by atoms with E-state index in [1.807, 2.05) is 20.8 Å². The van der Waals surface area contributed by atoms with Gasteiger partial charge < -0.3 is 20.7 Å². The molecule has 3 atom stereocenters. The second-order valence-corrected chi connectivity index (χ2v) is 10.6. The second-order valence-electron chi connectivity index (χ2n) is 10.6. The molecule has 220 valence electrons. The van der Waals surface area contributed by atoms with Crippen LogP contribution >= 0.6 is 0 Å². The quantitative estimate of drug-likeness (QED) is 0.172. The van der Waals surface area contributed by atoms with Crippen molar-refractivity contribution in [3.05, 3.63) is 41.0 Å². The first-order valence-corrected chi connectivity index (χ1v) is 12.9. The molecular formula is C27H37F6N3O3. The van der Waals surface area contributed by atoms with E-state index in [0.29, 0.717) is 51.3 Å². The van der Waals surface area contributed by atoms with Crippen LogP contribution in [-0.2, 0) is 21.9 Å². The SMILES string of the molecule is C=Cc1cc(C(F)(F)F)cc(C(F)(F)F)c1C(=O)NC1CCCCC1NC(CCNC=O)CCOC(C)(C)C. The van der Waals surface area contributed by atoms with Crippen molar-refractivity contribution in [3.63, 3.8) is 0 Å². The van der Waals surface area contributed by atoms with Crippen LogP contribution < -0.4 is 16.0 Å². The Morgan fingerprint density at radius 3 is 2.23 bits per heavy atom. The second kappa shape index (κ2) is 13.6. The number of ether oxygens (including phenoxy) is 1. The Bertz CT molecular complexity index is 989. The fourth-order valence-corrected chi connectivity index (χ4v) is 4.65. The monoisotopic (exact) mass is 565 g/mol. The van der Waals surface area contributed by atoms with E-state index in [2.05, 4.69) is 22.5 Å². The summed E-state index contributed by atoms with van der Waals surface area (Å²) < 4.78 is 87.1. The number of benzene rings is 1. The van der Waals surface area contributed by atoms with Gasteiger partial charge in [-0.25, -0.2) is 0 Å². The molecule has 0 radical (unpaired) electrons. The predicted octanol–water partition coefficient (Wildman–Crippen LogP) is 5.71. The lowest BCUT2D eigenvalue weighted by molar-refractivity contribution is -0.143. The summed E-state index contributed by atoms with van der Waals surface area (Å²) in [5, 5.41) is 8.73. The molecular weight excluding hydrogens is 528 g/mol. The molecule has 39 heavy (non-hydrogen) atoms. The lowest BCUT2D eigenvalue weighted by Gasteiger charge is -2.36. The van der Waals surface area contributed by atoms with E-state index in [-0.39, 0.29) is 23.8 Å². The Morgan fingerprint density at radius 1 is 1.05 bits per heavy atom. The van der Waals surface area contributed by atoms with E-state index in [1.165, 1.54) is 0 Å². The third-order valence-electron chi connectivity index (χ3n) is 6.50. The van der Waals surface area contributed by atoms with Crippen molar-refractivity contribution >= 4 is 18.4 Å². The molecule has 0 spiro atoms. The van der Waals surface area contributed by atoms with Crippen molar-refractivity contribution in [2.45, 2.75) is 95.4 Å². The van der Waals surface area contributed by atoms with Crippen LogP contribution in [0.5, 0.6) is 0 Å². The number of halogens is 6. The number of amides is 2. The van der Waals surface area contributed by atoms with E-state index >= 15 is 0 Å². The minimum absolute atomic E-state index is 0.0379. The Balaban J connectivity index is 2.30. The largest absolute Gasteiger partial charge is 0.417 e. The number of carbonyl (C=O) groups excluding carboxylic acids is 2. The zero-order valence-electron chi connectivity index (χ0n) is 22.4. The summed E-state index contributed by atoms with van der Waals surface area (Å²) >= 11 is 0. The molecule has 1 aliphatic rings. The van der Waals surface area contributed by atoms with Crippen LogP contribution in [0, 0.1) is 0 Å². The van der Waals surface area contributed by atoms with Gasteiger partial charge in [0, 0.05) is 31.3 Å². The van der Waals surface area contributed by atoms with Crippen LogP contribution in [0.25, 0.3) is 6.08 Å². The first-order chi connectivity index (χ1) is 18.1. The molecule has 1 aliphatic carbocycles. The van der Waals surface area contributed by atoms with Gasteiger partial charge in [-0.3, -0.25) is 9.59 Å². The maximum atomic E-state index is 13.8. The Hall–Kier alpha value is -2.60. The highest BCUT2D eigenvalue weighted by molar-refractivity contribution is 5.99. The Kier molecular flexibility index (Phi) is 11.4. The van der Waals surface area contributed by atoms with Crippen molar-refractivity contribution in [1.29, 1.82) is 0 Å². The van der Waals surface area contributed by atoms with Gasteiger partial charge in [0.15, 0.2) is 0 Å². The van der Waals surface area contributed by atoms with E-state index in [9.17, 15) is 35.9 Å². The van der Waals surface area contributed by atoms with Gasteiger partial charge in [0.25, 0.3) is 5.91 Å². The fourth-order valence-electron chi connectivity index (χ4n) is 4.65. The van der Waals surface area contributed by atoms with Crippen LogP contribution in [0.3, 0.4) is 0 Å². The number of carbonyl (C=O) groups is 2. The summed E-state index contributed by atoms with van der Waals surface area (Å²) in [5.41, 5.74) is -4.97. The number of hydrogen-bond donors (Lipinski definition) is 3. The van der Waals surface area contributed by atoms with Gasteiger partial charge in [-0.1, -0.05) is 25.5 Å². The number of nitrogens with one attached hydrogen (secondary N) is 3. The molecule has 2 amide bonds. The minimum atomic E-state index is -5.19. The first kappa shape index (κ1) is 32.6. The van der Waals surface area contributed by atoms with Crippen molar-refractivity contribution in [2.75, 3.05) is 13.2 Å². The fraction of sp³-hybridized carbons (Fsp3) is 0.630. The molecule has 6 nitrogen and oxygen atoms in total. The Labute approximate surface area is 224 Å². The van der Waals surface area contributed by atoms with Crippen LogP contribution in [0.15, 0.2) is 18.7 Å². The average Bonchev–Trinajstić information content (AvgIpc) is 2.82. The van der Waals surface area contributed by atoms with E-state index < -0.39 is 46.6 Å². The highest BCUT2D eigenvalue weighted by Gasteiger charge is 2.41. The number of rotatable bonds is 12. The maximum absolute atomic E-state index is 13.8. The summed E-state index contributed by atoms with van der Waals surface area (Å²) in [5.74, 6) is -1.11. The smallest absolute Gasteiger partial charge is 0.376 e. The summed E-state index contributed by atoms with van der Waals surface area (Å²) in [6, 6.07) is -0.516. The lowest BCUT2D eigenvalue weighted by Crippen LogP contribution is -2.55. The van der Waals surface area contributed by atoms with Gasteiger partial charge in [0.05, 0.1) is 22.3 Å². The normalized spacial score (nSPS) is 19.3. The van der Waals surface area contributed by atoms with E-state index in [1.54, 1.807) is 0 Å². The average molecular weight is 566 g/mol. The van der Waals surface area contributed by atoms with Crippen LogP contribution in [0.1, 0.15) is 86.3 Å². The standard InChI is InChI=1S/C27H37F6N3O3/c1-5-17-14-18(26(28,29)30)15-20(27(31,32)33)23(17)24(38)36-22-9-7-6-8-21(22)35-19(10-12-34-16-37)11-13-39-25(2,3)4/h5,14-16,19,21-22,35H,1,6-13H2,2-4H3,(H,34,37)(H,36,38). The van der Waals surface area contributed by atoms with Crippen molar-refractivity contribution in [2.24, 2.45) is 0 Å². The molecule has 1 fully saturated rings. The van der Waals surface area contributed by atoms with Gasteiger partial charge in [-0.15, -0.1) is 0 Å². The lowest BCUT2D eigenvalue weighted by atomic mass is 9.88. The van der Waals surface area contributed by atoms with Gasteiger partial charge >= 0.3 is 12.4 Å². The zero-order valence-corrected chi connectivity index (χ0v) is 22.4. The van der Waals surface area contributed by atoms with Gasteiger partial charge in [0.2, 0.25) is 6.41 Å². The molecule has 0 saturated heterocycles. The van der Waals surface area contributed by atoms with Crippen LogP contribution in [-0.4, -0.2) is 49.2 Å². The molecule has 0 bridgehead atoms. The molecule has 1 aromatic rings. The molecule has 3 N–H and O–H groups in total. The number of alkyl halides is 6. The maximum Gasteiger partial charge on any atom is 0.417 e. The molecule has 1 saturated carbocycles. The highest BCUT2D eigenvalue weighted by Crippen LogP contribution is 2.39. The summed E-state index contributed by atoms with van der Waals surface area (Å²) in [6.45, 7) is 9.91. The third-order valence-corrected chi connectivity index (χ3v) is 6.50. The van der Waals surface area contributed by atoms with Crippen molar-refractivity contribution in [3.8, 4) is 0 Å². The summed E-state index contributed by atoms with van der Waals surface area (Å²) in [7, 11) is 0. The van der Waals surface area contributed by atoms with Gasteiger partial charge in [0.1, 0.15) is 0 Å². The number of hydrogen-bond acceptors (Lipinski definition) is 4. The molecule has 0 aromatic heterocycles. The van der Waals surface area contributed by atoms with Crippen molar-refractivity contribution in [1.82, 2.24) is 16.0 Å². The zero-order chi connectivity index (χ0) is 29.4. The molecule has 3 unspecified atom stereocenters. The summed E-state index contributed by atoms with van der Waals surface area (Å²) in [4.78, 5) is 23.9. The van der Waals surface area contributed by atoms with Crippen molar-refractivity contribution < 1.29 is 40.7 Å². The van der Waals surface area contributed by atoms with E-state index in [4.69, 9.17) is 4.74 Å². The van der Waals surface area contributed by atoms with Crippen LogP contribution in [0.2, 0.25) is 0 Å².